The zero-order valence-electron chi connectivity index (χ0n) is 12.6. The van der Waals surface area contributed by atoms with Crippen molar-refractivity contribution < 1.29 is 9.53 Å². The van der Waals surface area contributed by atoms with Gasteiger partial charge in [0.05, 0.1) is 10.0 Å². The standard InChI is InChI=1S/C15H20Cl2N2O2.ClH/c1-9-5-6-18-8-14(9)19-15(20)10(2)21-11-3-4-12(16)13(17)7-11;/h3-4,7,9-10,14,18H,5-6,8H2,1-2H3,(H,19,20);1H. The first-order valence-electron chi connectivity index (χ1n) is 7.10. The SMILES string of the molecule is CC(Oc1ccc(Cl)c(Cl)c1)C(=O)NC1CNCCC1C.Cl. The molecule has 3 unspecified atom stereocenters. The lowest BCUT2D eigenvalue weighted by molar-refractivity contribution is -0.128. The number of hydrogen-bond acceptors (Lipinski definition) is 3. The van der Waals surface area contributed by atoms with Gasteiger partial charge in [-0.15, -0.1) is 12.4 Å². The molecule has 0 spiro atoms. The Morgan fingerprint density at radius 1 is 1.41 bits per heavy atom. The number of ether oxygens (including phenoxy) is 1. The van der Waals surface area contributed by atoms with Crippen LogP contribution in [0.5, 0.6) is 5.75 Å². The molecule has 4 nitrogen and oxygen atoms in total. The van der Waals surface area contributed by atoms with Gasteiger partial charge < -0.3 is 15.4 Å². The number of benzene rings is 1. The van der Waals surface area contributed by atoms with E-state index in [4.69, 9.17) is 27.9 Å². The van der Waals surface area contributed by atoms with Gasteiger partial charge in [-0.25, -0.2) is 0 Å². The molecule has 1 aromatic carbocycles. The minimum absolute atomic E-state index is 0. The van der Waals surface area contributed by atoms with Crippen LogP contribution in [0.3, 0.4) is 0 Å². The highest BCUT2D eigenvalue weighted by molar-refractivity contribution is 6.42. The van der Waals surface area contributed by atoms with Crippen molar-refractivity contribution in [1.82, 2.24) is 10.6 Å². The second kappa shape index (κ2) is 8.82. The van der Waals surface area contributed by atoms with Crippen molar-refractivity contribution in [3.8, 4) is 5.75 Å². The molecule has 22 heavy (non-hydrogen) atoms. The van der Waals surface area contributed by atoms with Crippen molar-refractivity contribution >= 4 is 41.5 Å². The minimum Gasteiger partial charge on any atom is -0.481 e. The van der Waals surface area contributed by atoms with E-state index < -0.39 is 6.10 Å². The van der Waals surface area contributed by atoms with Crippen LogP contribution in [0, 0.1) is 5.92 Å². The number of carbonyl (C=O) groups is 1. The molecule has 1 fully saturated rings. The van der Waals surface area contributed by atoms with Crippen molar-refractivity contribution in [1.29, 1.82) is 0 Å². The van der Waals surface area contributed by atoms with Crippen molar-refractivity contribution in [2.75, 3.05) is 13.1 Å². The maximum absolute atomic E-state index is 12.2. The fourth-order valence-electron chi connectivity index (χ4n) is 2.29. The summed E-state index contributed by atoms with van der Waals surface area (Å²) in [5.74, 6) is 0.871. The van der Waals surface area contributed by atoms with Crippen LogP contribution in [0.2, 0.25) is 10.0 Å². The highest BCUT2D eigenvalue weighted by atomic mass is 35.5. The van der Waals surface area contributed by atoms with E-state index in [9.17, 15) is 4.79 Å². The molecule has 1 aromatic rings. The number of rotatable bonds is 4. The topological polar surface area (TPSA) is 50.4 Å². The van der Waals surface area contributed by atoms with Gasteiger partial charge in [0.25, 0.3) is 5.91 Å². The molecule has 2 N–H and O–H groups in total. The molecule has 0 saturated carbocycles. The molecule has 1 aliphatic heterocycles. The Morgan fingerprint density at radius 3 is 2.77 bits per heavy atom. The van der Waals surface area contributed by atoms with Crippen LogP contribution in [-0.4, -0.2) is 31.1 Å². The lowest BCUT2D eigenvalue weighted by atomic mass is 9.95. The van der Waals surface area contributed by atoms with E-state index in [2.05, 4.69) is 17.6 Å². The molecule has 2 rings (SSSR count). The Balaban J connectivity index is 0.00000242. The second-order valence-electron chi connectivity index (χ2n) is 5.42. The Labute approximate surface area is 147 Å². The van der Waals surface area contributed by atoms with Crippen LogP contribution in [0.1, 0.15) is 20.3 Å². The molecule has 7 heteroatoms. The number of halogens is 3. The summed E-state index contributed by atoms with van der Waals surface area (Å²) in [6, 6.07) is 5.10. The van der Waals surface area contributed by atoms with Crippen molar-refractivity contribution in [2.24, 2.45) is 5.92 Å². The molecule has 0 aliphatic carbocycles. The first kappa shape index (κ1) is 19.4. The number of amides is 1. The third-order valence-electron chi connectivity index (χ3n) is 3.73. The number of piperidine rings is 1. The monoisotopic (exact) mass is 366 g/mol. The largest absolute Gasteiger partial charge is 0.481 e. The summed E-state index contributed by atoms with van der Waals surface area (Å²) in [5.41, 5.74) is 0. The highest BCUT2D eigenvalue weighted by Gasteiger charge is 2.25. The second-order valence-corrected chi connectivity index (χ2v) is 6.24. The van der Waals surface area contributed by atoms with Gasteiger partial charge >= 0.3 is 0 Å². The van der Waals surface area contributed by atoms with Gasteiger partial charge in [-0.3, -0.25) is 4.79 Å². The van der Waals surface area contributed by atoms with Crippen LogP contribution in [0.15, 0.2) is 18.2 Å². The fraction of sp³-hybridized carbons (Fsp3) is 0.533. The lowest BCUT2D eigenvalue weighted by Gasteiger charge is -2.31. The molecule has 1 saturated heterocycles. The summed E-state index contributed by atoms with van der Waals surface area (Å²) < 4.78 is 5.61. The lowest BCUT2D eigenvalue weighted by Crippen LogP contribution is -2.52. The molecule has 0 aromatic heterocycles. The quantitative estimate of drug-likeness (QED) is 0.858. The smallest absolute Gasteiger partial charge is 0.261 e. The predicted octanol–water partition coefficient (Wildman–Crippen LogP) is 3.30. The van der Waals surface area contributed by atoms with E-state index in [0.29, 0.717) is 21.7 Å². The molecule has 124 valence electrons. The maximum Gasteiger partial charge on any atom is 0.261 e. The summed E-state index contributed by atoms with van der Waals surface area (Å²) in [6.07, 6.45) is 0.476. The molecular formula is C15H21Cl3N2O2. The molecule has 3 atom stereocenters. The average molecular weight is 368 g/mol. The summed E-state index contributed by atoms with van der Waals surface area (Å²) >= 11 is 11.8. The summed E-state index contributed by atoms with van der Waals surface area (Å²) in [4.78, 5) is 12.2. The zero-order chi connectivity index (χ0) is 15.4. The molecule has 0 bridgehead atoms. The summed E-state index contributed by atoms with van der Waals surface area (Å²) in [6.45, 7) is 5.67. The van der Waals surface area contributed by atoms with Gasteiger partial charge in [0.15, 0.2) is 6.10 Å². The van der Waals surface area contributed by atoms with Crippen LogP contribution in [-0.2, 0) is 4.79 Å². The number of carbonyl (C=O) groups excluding carboxylic acids is 1. The van der Waals surface area contributed by atoms with Crippen molar-refractivity contribution in [3.63, 3.8) is 0 Å². The number of nitrogens with one attached hydrogen (secondary N) is 2. The fourth-order valence-corrected chi connectivity index (χ4v) is 2.58. The van der Waals surface area contributed by atoms with E-state index in [1.54, 1.807) is 25.1 Å². The van der Waals surface area contributed by atoms with Crippen LogP contribution >= 0.6 is 35.6 Å². The van der Waals surface area contributed by atoms with E-state index in [1.807, 2.05) is 0 Å². The van der Waals surface area contributed by atoms with Crippen LogP contribution in [0.4, 0.5) is 0 Å². The highest BCUT2D eigenvalue weighted by Crippen LogP contribution is 2.26. The van der Waals surface area contributed by atoms with E-state index in [0.717, 1.165) is 19.5 Å². The van der Waals surface area contributed by atoms with Gasteiger partial charge in [-0.2, -0.15) is 0 Å². The Hall–Kier alpha value is -0.680. The molecule has 1 amide bonds. The third-order valence-corrected chi connectivity index (χ3v) is 4.47. The predicted molar refractivity (Wildman–Crippen MR) is 92.4 cm³/mol. The molecule has 0 radical (unpaired) electrons. The Morgan fingerprint density at radius 2 is 2.14 bits per heavy atom. The van der Waals surface area contributed by atoms with Gasteiger partial charge in [0, 0.05) is 18.7 Å². The van der Waals surface area contributed by atoms with E-state index >= 15 is 0 Å². The van der Waals surface area contributed by atoms with Gasteiger partial charge in [0.2, 0.25) is 0 Å². The van der Waals surface area contributed by atoms with Crippen molar-refractivity contribution in [3.05, 3.63) is 28.2 Å². The minimum atomic E-state index is -0.587. The normalized spacial score (nSPS) is 22.4. The van der Waals surface area contributed by atoms with Gasteiger partial charge in [0.1, 0.15) is 5.75 Å². The zero-order valence-corrected chi connectivity index (χ0v) is 14.9. The van der Waals surface area contributed by atoms with Crippen molar-refractivity contribution in [2.45, 2.75) is 32.4 Å². The van der Waals surface area contributed by atoms with E-state index in [1.165, 1.54) is 0 Å². The first-order chi connectivity index (χ1) is 9.97. The molecule has 1 heterocycles. The average Bonchev–Trinajstić information content (AvgIpc) is 2.45. The van der Waals surface area contributed by atoms with Crippen LogP contribution < -0.4 is 15.4 Å². The van der Waals surface area contributed by atoms with E-state index in [-0.39, 0.29) is 24.4 Å². The Bertz CT molecular complexity index is 514. The van der Waals surface area contributed by atoms with Crippen LogP contribution in [0.25, 0.3) is 0 Å². The van der Waals surface area contributed by atoms with Gasteiger partial charge in [-0.05, 0) is 37.9 Å². The maximum atomic E-state index is 12.2. The number of hydrogen-bond donors (Lipinski definition) is 2. The molecular weight excluding hydrogens is 347 g/mol. The third kappa shape index (κ3) is 5.20. The summed E-state index contributed by atoms with van der Waals surface area (Å²) in [7, 11) is 0. The van der Waals surface area contributed by atoms with Gasteiger partial charge in [-0.1, -0.05) is 30.1 Å². The summed E-state index contributed by atoms with van der Waals surface area (Å²) in [5, 5.41) is 7.18. The first-order valence-corrected chi connectivity index (χ1v) is 7.85. The molecule has 1 aliphatic rings. The Kier molecular flexibility index (Phi) is 7.77.